The van der Waals surface area contributed by atoms with Crippen LogP contribution in [0.1, 0.15) is 28.8 Å². The van der Waals surface area contributed by atoms with Gasteiger partial charge in [-0.2, -0.15) is 0 Å². The van der Waals surface area contributed by atoms with Crippen molar-refractivity contribution in [1.82, 2.24) is 0 Å². The number of carbonyl (C=O) groups excluding carboxylic acids is 1. The summed E-state index contributed by atoms with van der Waals surface area (Å²) in [5.41, 5.74) is 1.01. The molecule has 2 heteroatoms. The van der Waals surface area contributed by atoms with Crippen LogP contribution in [0, 0.1) is 25.1 Å². The Morgan fingerprint density at radius 1 is 1.57 bits per heavy atom. The SMILES string of the molecule is C#CCCC(=O)c1ccc(F)c(C)c1. The molecule has 1 aromatic carbocycles. The van der Waals surface area contributed by atoms with Crippen LogP contribution in [0.25, 0.3) is 0 Å². The maximum Gasteiger partial charge on any atom is 0.163 e. The van der Waals surface area contributed by atoms with Crippen LogP contribution in [0.3, 0.4) is 0 Å². The van der Waals surface area contributed by atoms with Gasteiger partial charge in [-0.05, 0) is 30.7 Å². The summed E-state index contributed by atoms with van der Waals surface area (Å²) >= 11 is 0. The van der Waals surface area contributed by atoms with Gasteiger partial charge in [0.25, 0.3) is 0 Å². The molecule has 0 aliphatic rings. The van der Waals surface area contributed by atoms with E-state index in [0.717, 1.165) is 0 Å². The molecular formula is C12H11FO. The van der Waals surface area contributed by atoms with Gasteiger partial charge in [-0.1, -0.05) is 0 Å². The Kier molecular flexibility index (Phi) is 3.41. The predicted molar refractivity (Wildman–Crippen MR) is 53.5 cm³/mol. The first-order valence-corrected chi connectivity index (χ1v) is 4.38. The summed E-state index contributed by atoms with van der Waals surface area (Å²) in [6.45, 7) is 1.63. The molecule has 0 heterocycles. The average Bonchev–Trinajstić information content (AvgIpc) is 2.18. The Morgan fingerprint density at radius 3 is 2.86 bits per heavy atom. The topological polar surface area (TPSA) is 17.1 Å². The van der Waals surface area contributed by atoms with E-state index in [1.165, 1.54) is 12.1 Å². The summed E-state index contributed by atoms with van der Waals surface area (Å²) in [5.74, 6) is 2.07. The standard InChI is InChI=1S/C12H11FO/c1-3-4-5-12(14)10-6-7-11(13)9(2)8-10/h1,6-8H,4-5H2,2H3. The highest BCUT2D eigenvalue weighted by atomic mass is 19.1. The van der Waals surface area contributed by atoms with E-state index in [9.17, 15) is 9.18 Å². The summed E-state index contributed by atoms with van der Waals surface area (Å²) in [4.78, 5) is 11.4. The zero-order valence-corrected chi connectivity index (χ0v) is 8.01. The van der Waals surface area contributed by atoms with Crippen molar-refractivity contribution in [3.05, 3.63) is 35.1 Å². The second-order valence-electron chi connectivity index (χ2n) is 3.09. The molecule has 0 fully saturated rings. The first-order chi connectivity index (χ1) is 6.65. The minimum Gasteiger partial charge on any atom is -0.294 e. The number of hydrogen-bond acceptors (Lipinski definition) is 1. The predicted octanol–water partition coefficient (Wildman–Crippen LogP) is 2.73. The Hall–Kier alpha value is -1.62. The Balaban J connectivity index is 2.82. The van der Waals surface area contributed by atoms with Crippen molar-refractivity contribution in [2.24, 2.45) is 0 Å². The highest BCUT2D eigenvalue weighted by Crippen LogP contribution is 2.11. The van der Waals surface area contributed by atoms with Crippen LogP contribution < -0.4 is 0 Å². The monoisotopic (exact) mass is 190 g/mol. The van der Waals surface area contributed by atoms with Crippen LogP contribution in [0.5, 0.6) is 0 Å². The second kappa shape index (κ2) is 4.57. The summed E-state index contributed by atoms with van der Waals surface area (Å²) in [5, 5.41) is 0. The maximum absolute atomic E-state index is 12.9. The van der Waals surface area contributed by atoms with E-state index in [2.05, 4.69) is 5.92 Å². The molecule has 0 aliphatic heterocycles. The lowest BCUT2D eigenvalue weighted by molar-refractivity contribution is 0.0984. The molecule has 0 amide bonds. The fourth-order valence-corrected chi connectivity index (χ4v) is 1.15. The lowest BCUT2D eigenvalue weighted by Gasteiger charge is -2.01. The number of benzene rings is 1. The molecule has 0 aliphatic carbocycles. The molecule has 0 N–H and O–H groups in total. The third-order valence-electron chi connectivity index (χ3n) is 1.98. The number of halogens is 1. The molecule has 0 aromatic heterocycles. The van der Waals surface area contributed by atoms with Crippen LogP contribution in [-0.4, -0.2) is 5.78 Å². The van der Waals surface area contributed by atoms with Gasteiger partial charge in [0.15, 0.2) is 5.78 Å². The van der Waals surface area contributed by atoms with Crippen LogP contribution in [-0.2, 0) is 0 Å². The summed E-state index contributed by atoms with van der Waals surface area (Å²) in [6, 6.07) is 4.34. The van der Waals surface area contributed by atoms with Crippen molar-refractivity contribution in [3.63, 3.8) is 0 Å². The minimum absolute atomic E-state index is 0.0361. The van der Waals surface area contributed by atoms with Gasteiger partial charge in [0.1, 0.15) is 5.82 Å². The van der Waals surface area contributed by atoms with Crippen molar-refractivity contribution in [1.29, 1.82) is 0 Å². The Morgan fingerprint density at radius 2 is 2.29 bits per heavy atom. The van der Waals surface area contributed by atoms with Gasteiger partial charge in [0, 0.05) is 18.4 Å². The number of rotatable bonds is 3. The largest absolute Gasteiger partial charge is 0.294 e. The highest BCUT2D eigenvalue weighted by Gasteiger charge is 2.06. The smallest absolute Gasteiger partial charge is 0.163 e. The molecule has 1 aromatic rings. The first kappa shape index (κ1) is 10.5. The van der Waals surface area contributed by atoms with E-state index in [1.54, 1.807) is 13.0 Å². The molecule has 0 saturated carbocycles. The molecule has 0 spiro atoms. The van der Waals surface area contributed by atoms with Crippen LogP contribution in [0.15, 0.2) is 18.2 Å². The third kappa shape index (κ3) is 2.43. The lowest BCUT2D eigenvalue weighted by Crippen LogP contribution is -1.99. The summed E-state index contributed by atoms with van der Waals surface area (Å²) in [6.07, 6.45) is 5.79. The van der Waals surface area contributed by atoms with Gasteiger partial charge in [-0.3, -0.25) is 4.79 Å². The van der Waals surface area contributed by atoms with Crippen molar-refractivity contribution in [2.45, 2.75) is 19.8 Å². The molecule has 0 saturated heterocycles. The summed E-state index contributed by atoms with van der Waals surface area (Å²) < 4.78 is 12.9. The fourth-order valence-electron chi connectivity index (χ4n) is 1.15. The minimum atomic E-state index is -0.293. The zero-order chi connectivity index (χ0) is 10.6. The average molecular weight is 190 g/mol. The fraction of sp³-hybridized carbons (Fsp3) is 0.250. The zero-order valence-electron chi connectivity index (χ0n) is 8.01. The molecule has 0 bridgehead atoms. The highest BCUT2D eigenvalue weighted by molar-refractivity contribution is 5.96. The first-order valence-electron chi connectivity index (χ1n) is 4.38. The molecule has 72 valence electrons. The third-order valence-corrected chi connectivity index (χ3v) is 1.98. The van der Waals surface area contributed by atoms with Crippen LogP contribution in [0.4, 0.5) is 4.39 Å². The molecule has 1 rings (SSSR count). The van der Waals surface area contributed by atoms with E-state index >= 15 is 0 Å². The lowest BCUT2D eigenvalue weighted by atomic mass is 10.0. The number of aryl methyl sites for hydroxylation is 1. The Labute approximate surface area is 82.9 Å². The normalized spacial score (nSPS) is 9.50. The van der Waals surface area contributed by atoms with Gasteiger partial charge >= 0.3 is 0 Å². The van der Waals surface area contributed by atoms with Gasteiger partial charge in [-0.25, -0.2) is 4.39 Å². The molecular weight excluding hydrogens is 179 g/mol. The molecule has 0 atom stereocenters. The maximum atomic E-state index is 12.9. The number of carbonyl (C=O) groups is 1. The van der Waals surface area contributed by atoms with E-state index in [0.29, 0.717) is 24.0 Å². The van der Waals surface area contributed by atoms with Crippen molar-refractivity contribution in [3.8, 4) is 12.3 Å². The van der Waals surface area contributed by atoms with Crippen LogP contribution >= 0.6 is 0 Å². The number of ketones is 1. The van der Waals surface area contributed by atoms with Gasteiger partial charge in [0.2, 0.25) is 0 Å². The summed E-state index contributed by atoms with van der Waals surface area (Å²) in [7, 11) is 0. The van der Waals surface area contributed by atoms with Crippen molar-refractivity contribution >= 4 is 5.78 Å². The van der Waals surface area contributed by atoms with Gasteiger partial charge < -0.3 is 0 Å². The van der Waals surface area contributed by atoms with E-state index in [4.69, 9.17) is 6.42 Å². The molecule has 0 unspecified atom stereocenters. The van der Waals surface area contributed by atoms with Crippen molar-refractivity contribution < 1.29 is 9.18 Å². The number of hydrogen-bond donors (Lipinski definition) is 0. The second-order valence-corrected chi connectivity index (χ2v) is 3.09. The van der Waals surface area contributed by atoms with Crippen molar-refractivity contribution in [2.75, 3.05) is 0 Å². The van der Waals surface area contributed by atoms with E-state index in [1.807, 2.05) is 0 Å². The molecule has 14 heavy (non-hydrogen) atoms. The van der Waals surface area contributed by atoms with Gasteiger partial charge in [-0.15, -0.1) is 12.3 Å². The Bertz CT molecular complexity index is 388. The van der Waals surface area contributed by atoms with Gasteiger partial charge in [0.05, 0.1) is 0 Å². The molecule has 1 nitrogen and oxygen atoms in total. The molecule has 0 radical (unpaired) electrons. The quantitative estimate of drug-likeness (QED) is 0.529. The van der Waals surface area contributed by atoms with Crippen LogP contribution in [0.2, 0.25) is 0 Å². The number of terminal acetylenes is 1. The van der Waals surface area contributed by atoms with E-state index < -0.39 is 0 Å². The van der Waals surface area contributed by atoms with E-state index in [-0.39, 0.29) is 11.6 Å². The number of Topliss-reactive ketones (excluding diaryl/α,β-unsaturated/α-hetero) is 1.